The predicted molar refractivity (Wildman–Crippen MR) is 132 cm³/mol. The van der Waals surface area contributed by atoms with Crippen LogP contribution in [0.2, 0.25) is 0 Å². The standard InChI is InChI=1S/C25H27N5O2S/c1-15(2)10-19-13-23(29-30(19)18-7-8-26-21(12-18)16(3)4)28-24-20(25(31)32)11-17(14-27-24)22-6-5-9-33-22/h5-9,11-16H,10H2,1-4H3,(H,31,32)(H,27,28,29). The molecule has 0 saturated heterocycles. The van der Waals surface area contributed by atoms with E-state index in [1.165, 1.54) is 0 Å². The maximum absolute atomic E-state index is 12.0. The Morgan fingerprint density at radius 3 is 2.64 bits per heavy atom. The van der Waals surface area contributed by atoms with Crippen molar-refractivity contribution in [3.05, 3.63) is 71.1 Å². The Balaban J connectivity index is 1.72. The molecule has 170 valence electrons. The van der Waals surface area contributed by atoms with Crippen LogP contribution in [-0.2, 0) is 6.42 Å². The summed E-state index contributed by atoms with van der Waals surface area (Å²) in [5.41, 5.74) is 3.83. The molecule has 8 heteroatoms. The van der Waals surface area contributed by atoms with Crippen LogP contribution in [0.15, 0.2) is 54.2 Å². The first kappa shape index (κ1) is 22.7. The van der Waals surface area contributed by atoms with Crippen LogP contribution in [0.5, 0.6) is 0 Å². The van der Waals surface area contributed by atoms with Gasteiger partial charge in [-0.3, -0.25) is 4.98 Å². The van der Waals surface area contributed by atoms with Gasteiger partial charge in [-0.15, -0.1) is 16.4 Å². The van der Waals surface area contributed by atoms with Gasteiger partial charge in [-0.2, -0.15) is 0 Å². The zero-order chi connectivity index (χ0) is 23.5. The molecule has 0 aliphatic rings. The van der Waals surface area contributed by atoms with E-state index in [1.54, 1.807) is 29.8 Å². The number of thiophene rings is 1. The van der Waals surface area contributed by atoms with Crippen LogP contribution in [0.3, 0.4) is 0 Å². The van der Waals surface area contributed by atoms with Crippen molar-refractivity contribution in [2.45, 2.75) is 40.0 Å². The molecular weight excluding hydrogens is 434 g/mol. The largest absolute Gasteiger partial charge is 0.478 e. The summed E-state index contributed by atoms with van der Waals surface area (Å²) in [6, 6.07) is 11.5. The Labute approximate surface area is 197 Å². The van der Waals surface area contributed by atoms with Crippen LogP contribution in [0.4, 0.5) is 11.6 Å². The van der Waals surface area contributed by atoms with Gasteiger partial charge in [0.05, 0.1) is 5.69 Å². The molecule has 4 aromatic heterocycles. The van der Waals surface area contributed by atoms with Crippen molar-refractivity contribution in [1.82, 2.24) is 19.7 Å². The van der Waals surface area contributed by atoms with Gasteiger partial charge in [0.1, 0.15) is 11.4 Å². The number of carboxylic acid groups (broad SMARTS) is 1. The van der Waals surface area contributed by atoms with Crippen molar-refractivity contribution in [3.63, 3.8) is 0 Å². The number of anilines is 2. The van der Waals surface area contributed by atoms with E-state index >= 15 is 0 Å². The van der Waals surface area contributed by atoms with Gasteiger partial charge in [-0.05, 0) is 47.9 Å². The minimum absolute atomic E-state index is 0.104. The van der Waals surface area contributed by atoms with E-state index in [4.69, 9.17) is 5.10 Å². The summed E-state index contributed by atoms with van der Waals surface area (Å²) >= 11 is 1.54. The molecule has 0 aromatic carbocycles. The maximum atomic E-state index is 12.0. The summed E-state index contributed by atoms with van der Waals surface area (Å²) < 4.78 is 1.90. The average Bonchev–Trinajstić information content (AvgIpc) is 3.44. The number of aromatic carboxylic acids is 1. The Morgan fingerprint density at radius 1 is 1.15 bits per heavy atom. The molecule has 0 amide bonds. The van der Waals surface area contributed by atoms with Gasteiger partial charge in [0, 0.05) is 40.3 Å². The molecule has 7 nitrogen and oxygen atoms in total. The molecule has 0 radical (unpaired) electrons. The highest BCUT2D eigenvalue weighted by Gasteiger charge is 2.18. The Hall–Kier alpha value is -3.52. The quantitative estimate of drug-likeness (QED) is 0.327. The first-order valence-electron chi connectivity index (χ1n) is 10.9. The average molecular weight is 462 g/mol. The lowest BCUT2D eigenvalue weighted by Crippen LogP contribution is -2.07. The molecule has 33 heavy (non-hydrogen) atoms. The minimum Gasteiger partial charge on any atom is -0.478 e. The summed E-state index contributed by atoms with van der Waals surface area (Å²) in [6.07, 6.45) is 4.31. The minimum atomic E-state index is -1.04. The van der Waals surface area contributed by atoms with Crippen molar-refractivity contribution >= 4 is 28.9 Å². The van der Waals surface area contributed by atoms with E-state index in [0.29, 0.717) is 17.7 Å². The van der Waals surface area contributed by atoms with Crippen LogP contribution in [-0.4, -0.2) is 30.8 Å². The topological polar surface area (TPSA) is 92.9 Å². The lowest BCUT2D eigenvalue weighted by atomic mass is 10.1. The SMILES string of the molecule is CC(C)Cc1cc(Nc2ncc(-c3cccs3)cc2C(=O)O)nn1-c1ccnc(C(C)C)c1. The second-order valence-corrected chi connectivity index (χ2v) is 9.60. The third-order valence-corrected chi connectivity index (χ3v) is 6.09. The molecule has 0 spiro atoms. The molecular formula is C25H27N5O2S. The molecule has 4 aromatic rings. The van der Waals surface area contributed by atoms with Crippen LogP contribution in [0.1, 0.15) is 55.4 Å². The molecule has 0 bridgehead atoms. The third-order valence-electron chi connectivity index (χ3n) is 5.17. The summed E-state index contributed by atoms with van der Waals surface area (Å²) in [5, 5.41) is 19.6. The number of pyridine rings is 2. The normalized spacial score (nSPS) is 11.3. The van der Waals surface area contributed by atoms with Crippen LogP contribution in [0, 0.1) is 5.92 Å². The number of carboxylic acids is 1. The number of carbonyl (C=O) groups is 1. The van der Waals surface area contributed by atoms with Gasteiger partial charge in [-0.1, -0.05) is 33.8 Å². The van der Waals surface area contributed by atoms with E-state index in [0.717, 1.165) is 33.9 Å². The zero-order valence-electron chi connectivity index (χ0n) is 19.1. The smallest absolute Gasteiger partial charge is 0.339 e. The van der Waals surface area contributed by atoms with Gasteiger partial charge in [0.15, 0.2) is 5.82 Å². The fraction of sp³-hybridized carbons (Fsp3) is 0.280. The second-order valence-electron chi connectivity index (χ2n) is 8.65. The zero-order valence-corrected chi connectivity index (χ0v) is 19.9. The van der Waals surface area contributed by atoms with Crippen LogP contribution < -0.4 is 5.32 Å². The Kier molecular flexibility index (Phi) is 6.55. The molecule has 0 atom stereocenters. The van der Waals surface area contributed by atoms with Gasteiger partial charge in [-0.25, -0.2) is 14.5 Å². The van der Waals surface area contributed by atoms with Crippen LogP contribution in [0.25, 0.3) is 16.1 Å². The summed E-state index contributed by atoms with van der Waals surface area (Å²) in [5.74, 6) is 0.503. The Bertz CT molecular complexity index is 1260. The molecule has 0 aliphatic heterocycles. The van der Waals surface area contributed by atoms with E-state index in [1.807, 2.05) is 40.4 Å². The first-order chi connectivity index (χ1) is 15.8. The monoisotopic (exact) mass is 461 g/mol. The summed E-state index contributed by atoms with van der Waals surface area (Å²) in [6.45, 7) is 8.53. The third kappa shape index (κ3) is 5.12. The van der Waals surface area contributed by atoms with Crippen molar-refractivity contribution in [3.8, 4) is 16.1 Å². The molecule has 4 rings (SSSR count). The summed E-state index contributed by atoms with van der Waals surface area (Å²) in [4.78, 5) is 21.8. The van der Waals surface area contributed by atoms with E-state index in [2.05, 4.69) is 43.0 Å². The molecule has 4 heterocycles. The lowest BCUT2D eigenvalue weighted by molar-refractivity contribution is 0.0697. The highest BCUT2D eigenvalue weighted by atomic mass is 32.1. The van der Waals surface area contributed by atoms with E-state index in [-0.39, 0.29) is 11.4 Å². The van der Waals surface area contributed by atoms with E-state index in [9.17, 15) is 9.90 Å². The van der Waals surface area contributed by atoms with Crippen molar-refractivity contribution in [2.24, 2.45) is 5.92 Å². The van der Waals surface area contributed by atoms with Crippen LogP contribution >= 0.6 is 11.3 Å². The molecule has 0 saturated carbocycles. The Morgan fingerprint density at radius 2 is 1.97 bits per heavy atom. The number of hydrogen-bond donors (Lipinski definition) is 2. The maximum Gasteiger partial charge on any atom is 0.339 e. The first-order valence-corrected chi connectivity index (χ1v) is 11.8. The van der Waals surface area contributed by atoms with Gasteiger partial charge in [0.2, 0.25) is 0 Å². The highest BCUT2D eigenvalue weighted by Crippen LogP contribution is 2.29. The molecule has 0 aliphatic carbocycles. The molecule has 2 N–H and O–H groups in total. The lowest BCUT2D eigenvalue weighted by Gasteiger charge is -2.11. The van der Waals surface area contributed by atoms with Gasteiger partial charge < -0.3 is 10.4 Å². The summed E-state index contributed by atoms with van der Waals surface area (Å²) in [7, 11) is 0. The number of rotatable bonds is 8. The number of hydrogen-bond acceptors (Lipinski definition) is 6. The van der Waals surface area contributed by atoms with Crippen molar-refractivity contribution in [1.29, 1.82) is 0 Å². The number of nitrogens with zero attached hydrogens (tertiary/aromatic N) is 4. The predicted octanol–water partition coefficient (Wildman–Crippen LogP) is 6.15. The highest BCUT2D eigenvalue weighted by molar-refractivity contribution is 7.13. The molecule has 0 fully saturated rings. The number of nitrogens with one attached hydrogen (secondary N) is 1. The molecule has 0 unspecified atom stereocenters. The fourth-order valence-corrected chi connectivity index (χ4v) is 4.29. The number of aromatic nitrogens is 4. The fourth-order valence-electron chi connectivity index (χ4n) is 3.58. The van der Waals surface area contributed by atoms with Crippen molar-refractivity contribution < 1.29 is 9.90 Å². The van der Waals surface area contributed by atoms with E-state index < -0.39 is 5.97 Å². The van der Waals surface area contributed by atoms with Gasteiger partial charge >= 0.3 is 5.97 Å². The second kappa shape index (κ2) is 9.54. The van der Waals surface area contributed by atoms with Gasteiger partial charge in [0.25, 0.3) is 0 Å². The van der Waals surface area contributed by atoms with Crippen molar-refractivity contribution in [2.75, 3.05) is 5.32 Å².